The van der Waals surface area contributed by atoms with Crippen molar-refractivity contribution in [3.63, 3.8) is 0 Å². The van der Waals surface area contributed by atoms with Gasteiger partial charge >= 0.3 is 0 Å². The zero-order valence-corrected chi connectivity index (χ0v) is 20.3. The Hall–Kier alpha value is -4.09. The summed E-state index contributed by atoms with van der Waals surface area (Å²) in [6.45, 7) is 4.34. The Bertz CT molecular complexity index is 1250. The summed E-state index contributed by atoms with van der Waals surface area (Å²) in [6.07, 6.45) is 1.86. The first-order valence-electron chi connectivity index (χ1n) is 12.3. The SMILES string of the molecule is C(=Nc1ccc(N2CCOCC2)cc1)c1ccc(OCc2ccccc2)c(OCc2ccccc2)c1. The maximum Gasteiger partial charge on any atom is 0.162 e. The molecule has 5 nitrogen and oxygen atoms in total. The van der Waals surface area contributed by atoms with E-state index >= 15 is 0 Å². The normalized spacial score (nSPS) is 13.6. The minimum atomic E-state index is 0.464. The molecule has 0 aromatic heterocycles. The number of morpholine rings is 1. The van der Waals surface area contributed by atoms with Crippen molar-refractivity contribution in [2.24, 2.45) is 4.99 Å². The number of ether oxygens (including phenoxy) is 3. The first kappa shape index (κ1) is 23.6. The Morgan fingerprint density at radius 1 is 0.694 bits per heavy atom. The predicted molar refractivity (Wildman–Crippen MR) is 145 cm³/mol. The third-order valence-corrected chi connectivity index (χ3v) is 6.03. The lowest BCUT2D eigenvalue weighted by molar-refractivity contribution is 0.122. The lowest BCUT2D eigenvalue weighted by Crippen LogP contribution is -2.36. The van der Waals surface area contributed by atoms with Crippen LogP contribution in [0, 0.1) is 0 Å². The molecule has 1 saturated heterocycles. The van der Waals surface area contributed by atoms with Crippen LogP contribution in [-0.2, 0) is 18.0 Å². The summed E-state index contributed by atoms with van der Waals surface area (Å²) < 4.78 is 17.7. The number of anilines is 1. The van der Waals surface area contributed by atoms with E-state index in [9.17, 15) is 0 Å². The van der Waals surface area contributed by atoms with Crippen LogP contribution < -0.4 is 14.4 Å². The van der Waals surface area contributed by atoms with E-state index in [1.54, 1.807) is 0 Å². The molecular weight excluding hydrogens is 448 g/mol. The van der Waals surface area contributed by atoms with Crippen molar-refractivity contribution in [2.75, 3.05) is 31.2 Å². The van der Waals surface area contributed by atoms with Crippen LogP contribution in [0.15, 0.2) is 108 Å². The van der Waals surface area contributed by atoms with Gasteiger partial charge in [-0.1, -0.05) is 60.7 Å². The van der Waals surface area contributed by atoms with E-state index in [4.69, 9.17) is 14.2 Å². The quantitative estimate of drug-likeness (QED) is 0.260. The number of hydrogen-bond donors (Lipinski definition) is 0. The summed E-state index contributed by atoms with van der Waals surface area (Å²) in [7, 11) is 0. The van der Waals surface area contributed by atoms with Gasteiger partial charge in [-0.05, 0) is 59.2 Å². The Labute approximate surface area is 212 Å². The number of benzene rings is 4. The molecule has 5 heteroatoms. The topological polar surface area (TPSA) is 43.3 Å². The van der Waals surface area contributed by atoms with Gasteiger partial charge in [0.05, 0.1) is 18.9 Å². The Balaban J connectivity index is 1.30. The molecule has 0 saturated carbocycles. The van der Waals surface area contributed by atoms with E-state index in [2.05, 4.69) is 46.3 Å². The predicted octanol–water partition coefficient (Wildman–Crippen LogP) is 6.43. The van der Waals surface area contributed by atoms with E-state index in [0.29, 0.717) is 24.7 Å². The summed E-state index contributed by atoms with van der Waals surface area (Å²) >= 11 is 0. The number of nitrogens with zero attached hydrogens (tertiary/aromatic N) is 2. The lowest BCUT2D eigenvalue weighted by atomic mass is 10.2. The number of hydrogen-bond acceptors (Lipinski definition) is 5. The van der Waals surface area contributed by atoms with Gasteiger partial charge in [0.25, 0.3) is 0 Å². The molecule has 1 aliphatic rings. The largest absolute Gasteiger partial charge is 0.485 e. The number of rotatable bonds is 9. The van der Waals surface area contributed by atoms with Crippen LogP contribution in [0.2, 0.25) is 0 Å². The van der Waals surface area contributed by atoms with Gasteiger partial charge in [-0.15, -0.1) is 0 Å². The van der Waals surface area contributed by atoms with E-state index in [1.807, 2.05) is 72.9 Å². The lowest BCUT2D eigenvalue weighted by Gasteiger charge is -2.28. The smallest absolute Gasteiger partial charge is 0.162 e. The second kappa shape index (κ2) is 12.0. The van der Waals surface area contributed by atoms with E-state index in [0.717, 1.165) is 48.7 Å². The molecule has 0 unspecified atom stereocenters. The van der Waals surface area contributed by atoms with Crippen molar-refractivity contribution in [2.45, 2.75) is 13.2 Å². The maximum atomic E-state index is 6.18. The van der Waals surface area contributed by atoms with Gasteiger partial charge in [0.15, 0.2) is 11.5 Å². The number of aliphatic imine (C=N–C) groups is 1. The highest BCUT2D eigenvalue weighted by Crippen LogP contribution is 2.30. The fourth-order valence-electron chi connectivity index (χ4n) is 4.03. The Kier molecular flexibility index (Phi) is 7.91. The molecule has 0 radical (unpaired) electrons. The molecule has 0 bridgehead atoms. The summed E-state index contributed by atoms with van der Waals surface area (Å²) in [5.74, 6) is 1.41. The second-order valence-corrected chi connectivity index (χ2v) is 8.63. The molecule has 36 heavy (non-hydrogen) atoms. The molecule has 0 amide bonds. The zero-order valence-electron chi connectivity index (χ0n) is 20.3. The molecule has 5 rings (SSSR count). The molecule has 1 aliphatic heterocycles. The average molecular weight is 479 g/mol. The second-order valence-electron chi connectivity index (χ2n) is 8.63. The van der Waals surface area contributed by atoms with Gasteiger partial charge in [-0.3, -0.25) is 4.99 Å². The van der Waals surface area contributed by atoms with E-state index in [-0.39, 0.29) is 0 Å². The molecule has 1 heterocycles. The van der Waals surface area contributed by atoms with Gasteiger partial charge in [-0.25, -0.2) is 0 Å². The molecule has 0 atom stereocenters. The van der Waals surface area contributed by atoms with Crippen LogP contribution in [0.25, 0.3) is 0 Å². The van der Waals surface area contributed by atoms with Crippen molar-refractivity contribution in [3.8, 4) is 11.5 Å². The molecule has 0 spiro atoms. The Morgan fingerprint density at radius 3 is 1.94 bits per heavy atom. The van der Waals surface area contributed by atoms with Crippen molar-refractivity contribution >= 4 is 17.6 Å². The molecule has 182 valence electrons. The fraction of sp³-hybridized carbons (Fsp3) is 0.194. The van der Waals surface area contributed by atoms with E-state index in [1.165, 1.54) is 5.69 Å². The highest BCUT2D eigenvalue weighted by molar-refractivity contribution is 5.83. The standard InChI is InChI=1S/C31H30N2O3/c1-3-7-25(8-4-1)23-35-30-16-11-27(21-31(30)36-24-26-9-5-2-6-10-26)22-32-28-12-14-29(15-13-28)33-17-19-34-20-18-33/h1-16,21-22H,17-20,23-24H2. The van der Waals surface area contributed by atoms with Crippen molar-refractivity contribution in [1.82, 2.24) is 0 Å². The molecule has 4 aromatic carbocycles. The van der Waals surface area contributed by atoms with Crippen molar-refractivity contribution in [3.05, 3.63) is 120 Å². The van der Waals surface area contributed by atoms with Gasteiger partial charge in [0, 0.05) is 25.0 Å². The summed E-state index contributed by atoms with van der Waals surface area (Å²) in [5, 5.41) is 0. The molecule has 1 fully saturated rings. The van der Waals surface area contributed by atoms with Crippen LogP contribution in [0.1, 0.15) is 16.7 Å². The third kappa shape index (κ3) is 6.52. The van der Waals surface area contributed by atoms with Crippen molar-refractivity contribution in [1.29, 1.82) is 0 Å². The van der Waals surface area contributed by atoms with Gasteiger partial charge in [0.1, 0.15) is 13.2 Å². The Morgan fingerprint density at radius 2 is 1.31 bits per heavy atom. The minimum Gasteiger partial charge on any atom is -0.485 e. The summed E-state index contributed by atoms with van der Waals surface area (Å²) in [5.41, 5.74) is 5.27. The summed E-state index contributed by atoms with van der Waals surface area (Å²) in [4.78, 5) is 7.02. The maximum absolute atomic E-state index is 6.18. The minimum absolute atomic E-state index is 0.464. The van der Waals surface area contributed by atoms with Crippen LogP contribution in [0.3, 0.4) is 0 Å². The van der Waals surface area contributed by atoms with Gasteiger partial charge in [-0.2, -0.15) is 0 Å². The highest BCUT2D eigenvalue weighted by Gasteiger charge is 2.11. The van der Waals surface area contributed by atoms with Crippen LogP contribution in [0.5, 0.6) is 11.5 Å². The first-order valence-corrected chi connectivity index (χ1v) is 12.3. The zero-order chi connectivity index (χ0) is 24.4. The van der Waals surface area contributed by atoms with Crippen LogP contribution in [0.4, 0.5) is 11.4 Å². The third-order valence-electron chi connectivity index (χ3n) is 6.03. The average Bonchev–Trinajstić information content (AvgIpc) is 2.96. The molecule has 0 aliphatic carbocycles. The monoisotopic (exact) mass is 478 g/mol. The van der Waals surface area contributed by atoms with E-state index < -0.39 is 0 Å². The molecular formula is C31H30N2O3. The molecule has 4 aromatic rings. The highest BCUT2D eigenvalue weighted by atomic mass is 16.5. The summed E-state index contributed by atoms with van der Waals surface area (Å²) in [6, 6.07) is 34.5. The fourth-order valence-corrected chi connectivity index (χ4v) is 4.03. The van der Waals surface area contributed by atoms with Crippen molar-refractivity contribution < 1.29 is 14.2 Å². The first-order chi connectivity index (χ1) is 17.8. The van der Waals surface area contributed by atoms with Crippen LogP contribution >= 0.6 is 0 Å². The van der Waals surface area contributed by atoms with Gasteiger partial charge in [0.2, 0.25) is 0 Å². The van der Waals surface area contributed by atoms with Gasteiger partial charge < -0.3 is 19.1 Å². The molecule has 0 N–H and O–H groups in total. The van der Waals surface area contributed by atoms with Crippen LogP contribution in [-0.4, -0.2) is 32.5 Å².